The van der Waals surface area contributed by atoms with Gasteiger partial charge in [-0.15, -0.1) is 0 Å². The molecule has 0 spiro atoms. The molecule has 0 bridgehead atoms. The predicted molar refractivity (Wildman–Crippen MR) is 65.8 cm³/mol. The monoisotopic (exact) mass is 251 g/mol. The van der Waals surface area contributed by atoms with Gasteiger partial charge in [0.25, 0.3) is 0 Å². The predicted octanol–water partition coefficient (Wildman–Crippen LogP) is 0.269. The number of rotatable bonds is 6. The molecular formula is C13H17NO4. The first-order valence-electron chi connectivity index (χ1n) is 5.69. The number of benzene rings is 1. The van der Waals surface area contributed by atoms with Crippen LogP contribution in [0.15, 0.2) is 30.3 Å². The molecule has 5 nitrogen and oxygen atoms in total. The van der Waals surface area contributed by atoms with Crippen LogP contribution in [0.1, 0.15) is 12.0 Å². The smallest absolute Gasteiger partial charge is 0.328 e. The normalized spacial score (nSPS) is 11.7. The lowest BCUT2D eigenvalue weighted by atomic mass is 10.1. The molecule has 0 saturated heterocycles. The maximum atomic E-state index is 11.5. The highest BCUT2D eigenvalue weighted by molar-refractivity contribution is 5.84. The SMILES string of the molecule is COC(=O)[C@H](CCc1ccccc1)NC(=O)CO. The molecule has 2 N–H and O–H groups in total. The molecule has 0 aliphatic carbocycles. The topological polar surface area (TPSA) is 75.6 Å². The van der Waals surface area contributed by atoms with Crippen molar-refractivity contribution in [3.05, 3.63) is 35.9 Å². The number of methoxy groups -OCH3 is 1. The van der Waals surface area contributed by atoms with E-state index >= 15 is 0 Å². The third-order valence-electron chi connectivity index (χ3n) is 2.53. The van der Waals surface area contributed by atoms with Crippen LogP contribution in [0.25, 0.3) is 0 Å². The van der Waals surface area contributed by atoms with Gasteiger partial charge >= 0.3 is 5.97 Å². The molecule has 0 aromatic heterocycles. The summed E-state index contributed by atoms with van der Waals surface area (Å²) in [5.74, 6) is -1.09. The second kappa shape index (κ2) is 7.45. The maximum absolute atomic E-state index is 11.5. The van der Waals surface area contributed by atoms with Crippen LogP contribution in [0, 0.1) is 0 Å². The summed E-state index contributed by atoms with van der Waals surface area (Å²) in [5.41, 5.74) is 1.07. The number of aliphatic hydroxyl groups excluding tert-OH is 1. The lowest BCUT2D eigenvalue weighted by Crippen LogP contribution is -2.43. The Morgan fingerprint density at radius 2 is 2.00 bits per heavy atom. The van der Waals surface area contributed by atoms with Crippen LogP contribution in [0.4, 0.5) is 0 Å². The van der Waals surface area contributed by atoms with Gasteiger partial charge in [0.2, 0.25) is 5.91 Å². The van der Waals surface area contributed by atoms with E-state index in [1.165, 1.54) is 7.11 Å². The summed E-state index contributed by atoms with van der Waals surface area (Å²) < 4.78 is 4.61. The fraction of sp³-hybridized carbons (Fsp3) is 0.385. The number of carbonyl (C=O) groups excluding carboxylic acids is 2. The minimum atomic E-state index is -0.727. The summed E-state index contributed by atoms with van der Waals surface area (Å²) in [5, 5.41) is 11.1. The molecule has 0 saturated carbocycles. The average molecular weight is 251 g/mol. The van der Waals surface area contributed by atoms with Gasteiger partial charge in [0, 0.05) is 0 Å². The molecule has 0 aliphatic rings. The van der Waals surface area contributed by atoms with Crippen LogP contribution in [0.3, 0.4) is 0 Å². The number of carbonyl (C=O) groups is 2. The molecule has 1 aromatic carbocycles. The van der Waals surface area contributed by atoms with Gasteiger partial charge < -0.3 is 15.2 Å². The molecule has 0 unspecified atom stereocenters. The highest BCUT2D eigenvalue weighted by Gasteiger charge is 2.20. The first-order chi connectivity index (χ1) is 8.67. The fourth-order valence-electron chi connectivity index (χ4n) is 1.59. The van der Waals surface area contributed by atoms with Crippen molar-refractivity contribution < 1.29 is 19.4 Å². The molecular weight excluding hydrogens is 234 g/mol. The van der Waals surface area contributed by atoms with Gasteiger partial charge in [-0.25, -0.2) is 4.79 Å². The minimum absolute atomic E-state index is 0.433. The highest BCUT2D eigenvalue weighted by Crippen LogP contribution is 2.06. The largest absolute Gasteiger partial charge is 0.467 e. The van der Waals surface area contributed by atoms with Crippen LogP contribution in [0.2, 0.25) is 0 Å². The number of hydrogen-bond acceptors (Lipinski definition) is 4. The first-order valence-corrected chi connectivity index (χ1v) is 5.69. The van der Waals surface area contributed by atoms with Crippen LogP contribution in [-0.2, 0) is 20.7 Å². The van der Waals surface area contributed by atoms with Crippen LogP contribution in [-0.4, -0.2) is 36.7 Å². The molecule has 0 fully saturated rings. The summed E-state index contributed by atoms with van der Waals surface area (Å²) in [6.07, 6.45) is 1.08. The molecule has 1 aromatic rings. The molecule has 1 amide bonds. The van der Waals surface area contributed by atoms with E-state index in [-0.39, 0.29) is 0 Å². The van der Waals surface area contributed by atoms with Gasteiger partial charge in [-0.2, -0.15) is 0 Å². The van der Waals surface area contributed by atoms with E-state index in [0.717, 1.165) is 5.56 Å². The molecule has 98 valence electrons. The Morgan fingerprint density at radius 1 is 1.33 bits per heavy atom. The quantitative estimate of drug-likeness (QED) is 0.712. The Labute approximate surface area is 106 Å². The number of nitrogens with one attached hydrogen (secondary N) is 1. The van der Waals surface area contributed by atoms with Gasteiger partial charge in [0.1, 0.15) is 12.6 Å². The number of ether oxygens (including phenoxy) is 1. The highest BCUT2D eigenvalue weighted by atomic mass is 16.5. The van der Waals surface area contributed by atoms with E-state index in [1.54, 1.807) is 0 Å². The van der Waals surface area contributed by atoms with Gasteiger partial charge in [-0.05, 0) is 18.4 Å². The average Bonchev–Trinajstić information content (AvgIpc) is 2.43. The number of aliphatic hydroxyl groups is 1. The van der Waals surface area contributed by atoms with E-state index in [0.29, 0.717) is 12.8 Å². The third-order valence-corrected chi connectivity index (χ3v) is 2.53. The first kappa shape index (κ1) is 14.2. The van der Waals surface area contributed by atoms with Crippen LogP contribution in [0.5, 0.6) is 0 Å². The maximum Gasteiger partial charge on any atom is 0.328 e. The van der Waals surface area contributed by atoms with Gasteiger partial charge in [0.15, 0.2) is 0 Å². The van der Waals surface area contributed by atoms with Crippen molar-refractivity contribution in [1.29, 1.82) is 0 Å². The van der Waals surface area contributed by atoms with E-state index in [1.807, 2.05) is 30.3 Å². The van der Waals surface area contributed by atoms with E-state index < -0.39 is 24.5 Å². The molecule has 1 atom stereocenters. The third kappa shape index (κ3) is 4.55. The zero-order chi connectivity index (χ0) is 13.4. The fourth-order valence-corrected chi connectivity index (χ4v) is 1.59. The number of aryl methyl sites for hydroxylation is 1. The Kier molecular flexibility index (Phi) is 5.87. The molecule has 0 heterocycles. The Hall–Kier alpha value is -1.88. The van der Waals surface area contributed by atoms with Crippen molar-refractivity contribution >= 4 is 11.9 Å². The van der Waals surface area contributed by atoms with Crippen molar-refractivity contribution in [1.82, 2.24) is 5.32 Å². The number of esters is 1. The lowest BCUT2D eigenvalue weighted by Gasteiger charge is -2.15. The summed E-state index contributed by atoms with van der Waals surface area (Å²) >= 11 is 0. The van der Waals surface area contributed by atoms with Gasteiger partial charge in [-0.3, -0.25) is 4.79 Å². The second-order valence-corrected chi connectivity index (χ2v) is 3.83. The molecule has 5 heteroatoms. The number of hydrogen-bond donors (Lipinski definition) is 2. The van der Waals surface area contributed by atoms with Gasteiger partial charge in [-0.1, -0.05) is 30.3 Å². The summed E-state index contributed by atoms with van der Waals surface area (Å²) in [6, 6.07) is 8.90. The Bertz CT molecular complexity index is 391. The Morgan fingerprint density at radius 3 is 2.56 bits per heavy atom. The van der Waals surface area contributed by atoms with E-state index in [4.69, 9.17) is 5.11 Å². The second-order valence-electron chi connectivity index (χ2n) is 3.83. The van der Waals surface area contributed by atoms with E-state index in [2.05, 4.69) is 10.1 Å². The van der Waals surface area contributed by atoms with Crippen molar-refractivity contribution in [2.24, 2.45) is 0 Å². The van der Waals surface area contributed by atoms with Crippen molar-refractivity contribution in [3.8, 4) is 0 Å². The van der Waals surface area contributed by atoms with Gasteiger partial charge in [0.05, 0.1) is 7.11 Å². The molecule has 1 rings (SSSR count). The van der Waals surface area contributed by atoms with Crippen molar-refractivity contribution in [2.45, 2.75) is 18.9 Å². The van der Waals surface area contributed by atoms with Crippen molar-refractivity contribution in [3.63, 3.8) is 0 Å². The number of amides is 1. The molecule has 18 heavy (non-hydrogen) atoms. The van der Waals surface area contributed by atoms with Crippen LogP contribution < -0.4 is 5.32 Å². The molecule has 0 radical (unpaired) electrons. The molecule has 0 aliphatic heterocycles. The zero-order valence-electron chi connectivity index (χ0n) is 10.3. The zero-order valence-corrected chi connectivity index (χ0v) is 10.3. The minimum Gasteiger partial charge on any atom is -0.467 e. The Balaban J connectivity index is 2.56. The summed E-state index contributed by atoms with van der Waals surface area (Å²) in [6.45, 7) is -0.640. The summed E-state index contributed by atoms with van der Waals surface area (Å²) in [7, 11) is 1.27. The van der Waals surface area contributed by atoms with Crippen molar-refractivity contribution in [2.75, 3.05) is 13.7 Å². The summed E-state index contributed by atoms with van der Waals surface area (Å²) in [4.78, 5) is 22.6. The lowest BCUT2D eigenvalue weighted by molar-refractivity contribution is -0.145. The van der Waals surface area contributed by atoms with Crippen LogP contribution >= 0.6 is 0 Å². The van der Waals surface area contributed by atoms with E-state index in [9.17, 15) is 9.59 Å². The standard InChI is InChI=1S/C13H17NO4/c1-18-13(17)11(14-12(16)9-15)8-7-10-5-3-2-4-6-10/h2-6,11,15H,7-9H2,1H3,(H,14,16)/t11-/m0/s1.